The lowest BCUT2D eigenvalue weighted by Gasteiger charge is -2.67. The molecule has 7 atom stereocenters. The monoisotopic (exact) mass is 272 g/mol. The molecule has 0 nitrogen and oxygen atoms in total. The van der Waals surface area contributed by atoms with Gasteiger partial charge in [-0.15, -0.1) is 0 Å². The van der Waals surface area contributed by atoms with Crippen molar-refractivity contribution in [2.45, 2.75) is 72.1 Å². The first kappa shape index (κ1) is 13.4. The van der Waals surface area contributed by atoms with Crippen molar-refractivity contribution in [1.82, 2.24) is 0 Å². The van der Waals surface area contributed by atoms with Gasteiger partial charge in [-0.3, -0.25) is 0 Å². The fraction of sp³-hybridized carbons (Fsp3) is 0.900. The maximum Gasteiger partial charge on any atom is -0.0171 e. The Labute approximate surface area is 125 Å². The Kier molecular flexibility index (Phi) is 2.78. The van der Waals surface area contributed by atoms with E-state index < -0.39 is 0 Å². The van der Waals surface area contributed by atoms with E-state index in [0.717, 1.165) is 29.6 Å². The molecule has 4 rings (SSSR count). The Balaban J connectivity index is 1.81. The van der Waals surface area contributed by atoms with Gasteiger partial charge in [-0.2, -0.15) is 0 Å². The fourth-order valence-electron chi connectivity index (χ4n) is 7.56. The smallest absolute Gasteiger partial charge is 0.0171 e. The molecule has 4 aliphatic carbocycles. The number of rotatable bonds is 0. The van der Waals surface area contributed by atoms with Crippen LogP contribution in [0.5, 0.6) is 0 Å². The normalized spacial score (nSPS) is 58.1. The Hall–Kier alpha value is -0.260. The molecule has 0 radical (unpaired) electrons. The van der Waals surface area contributed by atoms with E-state index in [-0.39, 0.29) is 0 Å². The van der Waals surface area contributed by atoms with E-state index in [9.17, 15) is 0 Å². The molecular formula is C20H32. The standard InChI is InChI=1S/C20H32/c1-13-6-7-15-14(2)12-20(4)10-5-9-19(3)11-8-16(13)17(15)18(19)20/h13,15-18H,2,5-12H2,1,3-4H3/t13-,15?,16?,17-,18?,19+,20-/m1/s1. The Bertz CT molecular complexity index is 435. The van der Waals surface area contributed by atoms with Crippen molar-refractivity contribution in [2.75, 3.05) is 0 Å². The lowest BCUT2D eigenvalue weighted by Crippen LogP contribution is -2.59. The summed E-state index contributed by atoms with van der Waals surface area (Å²) >= 11 is 0. The topological polar surface area (TPSA) is 0 Å². The van der Waals surface area contributed by atoms with Crippen molar-refractivity contribution in [1.29, 1.82) is 0 Å². The number of allylic oxidation sites excluding steroid dienone is 1. The highest BCUT2D eigenvalue weighted by atomic mass is 14.7. The molecule has 0 aromatic carbocycles. The van der Waals surface area contributed by atoms with E-state index >= 15 is 0 Å². The Morgan fingerprint density at radius 2 is 1.75 bits per heavy atom. The molecule has 4 saturated carbocycles. The number of hydrogen-bond donors (Lipinski definition) is 0. The van der Waals surface area contributed by atoms with Gasteiger partial charge in [0.05, 0.1) is 0 Å². The molecule has 0 aromatic rings. The summed E-state index contributed by atoms with van der Waals surface area (Å²) in [6.45, 7) is 12.4. The predicted molar refractivity (Wildman–Crippen MR) is 85.4 cm³/mol. The van der Waals surface area contributed by atoms with E-state index in [4.69, 9.17) is 0 Å². The van der Waals surface area contributed by atoms with Gasteiger partial charge in [0.2, 0.25) is 0 Å². The van der Waals surface area contributed by atoms with Gasteiger partial charge in [-0.25, -0.2) is 0 Å². The molecule has 4 aliphatic rings. The van der Waals surface area contributed by atoms with Crippen LogP contribution in [0.3, 0.4) is 0 Å². The van der Waals surface area contributed by atoms with Crippen molar-refractivity contribution in [3.8, 4) is 0 Å². The maximum atomic E-state index is 4.57. The molecule has 0 aliphatic heterocycles. The van der Waals surface area contributed by atoms with Crippen LogP contribution in [0.15, 0.2) is 12.2 Å². The minimum Gasteiger partial charge on any atom is -0.0995 e. The van der Waals surface area contributed by atoms with Crippen molar-refractivity contribution in [3.63, 3.8) is 0 Å². The van der Waals surface area contributed by atoms with Crippen molar-refractivity contribution >= 4 is 0 Å². The molecular weight excluding hydrogens is 240 g/mol. The van der Waals surface area contributed by atoms with Crippen LogP contribution in [-0.2, 0) is 0 Å². The van der Waals surface area contributed by atoms with Gasteiger partial charge in [0, 0.05) is 0 Å². The zero-order valence-corrected chi connectivity index (χ0v) is 13.8. The van der Waals surface area contributed by atoms with Gasteiger partial charge in [0.1, 0.15) is 0 Å². The summed E-state index contributed by atoms with van der Waals surface area (Å²) in [6.07, 6.45) is 11.7. The van der Waals surface area contributed by atoms with Crippen molar-refractivity contribution in [3.05, 3.63) is 12.2 Å². The third kappa shape index (κ3) is 1.60. The summed E-state index contributed by atoms with van der Waals surface area (Å²) in [5.41, 5.74) is 2.88. The lowest BCUT2D eigenvalue weighted by molar-refractivity contribution is -0.155. The molecule has 0 aromatic heterocycles. The van der Waals surface area contributed by atoms with Gasteiger partial charge in [0.15, 0.2) is 0 Å². The predicted octanol–water partition coefficient (Wildman–Crippen LogP) is 5.83. The minimum absolute atomic E-state index is 0.584. The largest absolute Gasteiger partial charge is 0.0995 e. The van der Waals surface area contributed by atoms with Crippen molar-refractivity contribution < 1.29 is 0 Å². The highest BCUT2D eigenvalue weighted by molar-refractivity contribution is 5.21. The number of hydrogen-bond acceptors (Lipinski definition) is 0. The van der Waals surface area contributed by atoms with Crippen LogP contribution in [-0.4, -0.2) is 0 Å². The molecule has 0 amide bonds. The summed E-state index contributed by atoms with van der Waals surface area (Å²) in [4.78, 5) is 0. The van der Waals surface area contributed by atoms with Crippen LogP contribution in [0.1, 0.15) is 72.1 Å². The molecule has 3 unspecified atom stereocenters. The van der Waals surface area contributed by atoms with Crippen molar-refractivity contribution in [2.24, 2.45) is 40.4 Å². The van der Waals surface area contributed by atoms with Crippen LogP contribution in [0.25, 0.3) is 0 Å². The molecule has 4 fully saturated rings. The zero-order chi connectivity index (χ0) is 14.1. The highest BCUT2D eigenvalue weighted by Gasteiger charge is 2.61. The van der Waals surface area contributed by atoms with E-state index in [1.54, 1.807) is 5.57 Å². The van der Waals surface area contributed by atoms with Crippen LogP contribution in [0, 0.1) is 40.4 Å². The maximum absolute atomic E-state index is 4.57. The summed E-state index contributed by atoms with van der Waals surface area (Å²) in [6, 6.07) is 0. The van der Waals surface area contributed by atoms with Gasteiger partial charge >= 0.3 is 0 Å². The molecule has 112 valence electrons. The first-order valence-electron chi connectivity index (χ1n) is 9.12. The minimum atomic E-state index is 0.584. The SMILES string of the molecule is C=C1C[C@@]2(C)CCC[C@@]3(C)CCC4[C@@H](C1CC[C@H]4C)C32. The first-order valence-corrected chi connectivity index (χ1v) is 9.12. The average molecular weight is 272 g/mol. The molecule has 0 N–H and O–H groups in total. The van der Waals surface area contributed by atoms with Crippen LogP contribution >= 0.6 is 0 Å². The quantitative estimate of drug-likeness (QED) is 0.487. The third-order valence-electron chi connectivity index (χ3n) is 8.21. The highest BCUT2D eigenvalue weighted by Crippen LogP contribution is 2.69. The summed E-state index contributed by atoms with van der Waals surface area (Å²) in [7, 11) is 0. The molecule has 0 spiro atoms. The summed E-state index contributed by atoms with van der Waals surface area (Å²) in [5.74, 6) is 4.86. The molecule has 0 bridgehead atoms. The lowest BCUT2D eigenvalue weighted by atomic mass is 9.38. The Morgan fingerprint density at radius 3 is 2.55 bits per heavy atom. The molecule has 0 heterocycles. The van der Waals surface area contributed by atoms with Gasteiger partial charge in [-0.05, 0) is 85.4 Å². The summed E-state index contributed by atoms with van der Waals surface area (Å²) < 4.78 is 0. The summed E-state index contributed by atoms with van der Waals surface area (Å²) in [5, 5.41) is 0. The fourth-order valence-corrected chi connectivity index (χ4v) is 7.56. The van der Waals surface area contributed by atoms with E-state index in [1.165, 1.54) is 51.4 Å². The van der Waals surface area contributed by atoms with Gasteiger partial charge < -0.3 is 0 Å². The van der Waals surface area contributed by atoms with Crippen LogP contribution < -0.4 is 0 Å². The molecule has 20 heavy (non-hydrogen) atoms. The second-order valence-corrected chi connectivity index (χ2v) is 9.42. The zero-order valence-electron chi connectivity index (χ0n) is 13.8. The van der Waals surface area contributed by atoms with Gasteiger partial charge in [0.25, 0.3) is 0 Å². The Morgan fingerprint density at radius 1 is 1.00 bits per heavy atom. The third-order valence-corrected chi connectivity index (χ3v) is 8.21. The van der Waals surface area contributed by atoms with E-state index in [0.29, 0.717) is 10.8 Å². The second-order valence-electron chi connectivity index (χ2n) is 9.42. The van der Waals surface area contributed by atoms with E-state index in [2.05, 4.69) is 27.4 Å². The molecule has 0 saturated heterocycles. The second kappa shape index (κ2) is 4.14. The first-order chi connectivity index (χ1) is 9.45. The molecule has 0 heteroatoms. The van der Waals surface area contributed by atoms with Gasteiger partial charge in [-0.1, -0.05) is 39.3 Å². The van der Waals surface area contributed by atoms with Crippen LogP contribution in [0.4, 0.5) is 0 Å². The van der Waals surface area contributed by atoms with E-state index in [1.807, 2.05) is 0 Å². The average Bonchev–Trinajstić information content (AvgIpc) is 2.36. The van der Waals surface area contributed by atoms with Crippen LogP contribution in [0.2, 0.25) is 0 Å².